The van der Waals surface area contributed by atoms with Crippen molar-refractivity contribution in [2.24, 2.45) is 0 Å². The number of carbonyl (C=O) groups excluding carboxylic acids is 1. The summed E-state index contributed by atoms with van der Waals surface area (Å²) in [5.74, 6) is 1.19. The van der Waals surface area contributed by atoms with Crippen molar-refractivity contribution in [3.05, 3.63) is 76.8 Å². The highest BCUT2D eigenvalue weighted by Gasteiger charge is 2.13. The van der Waals surface area contributed by atoms with Crippen molar-refractivity contribution in [3.63, 3.8) is 0 Å². The van der Waals surface area contributed by atoms with Crippen LogP contribution in [0.4, 0.5) is 5.69 Å². The fourth-order valence-electron chi connectivity index (χ4n) is 3.56. The molecule has 1 amide bonds. The number of halogens is 1. The summed E-state index contributed by atoms with van der Waals surface area (Å²) in [6.45, 7) is 6.73. The molecule has 1 atom stereocenters. The average molecular weight is 508 g/mol. The van der Waals surface area contributed by atoms with Crippen LogP contribution in [-0.4, -0.2) is 22.6 Å². The minimum atomic E-state index is -0.368. The van der Waals surface area contributed by atoms with E-state index in [-0.39, 0.29) is 11.0 Å². The first kappa shape index (κ1) is 24.7. The van der Waals surface area contributed by atoms with E-state index in [1.54, 1.807) is 18.2 Å². The molecule has 0 saturated carbocycles. The Morgan fingerprint density at radius 2 is 1.89 bits per heavy atom. The molecule has 0 aliphatic heterocycles. The lowest BCUT2D eigenvalue weighted by Crippen LogP contribution is -2.34. The maximum absolute atomic E-state index is 12.5. The van der Waals surface area contributed by atoms with Gasteiger partial charge < -0.3 is 14.5 Å². The molecule has 8 heteroatoms. The van der Waals surface area contributed by atoms with E-state index >= 15 is 0 Å². The monoisotopic (exact) mass is 507 g/mol. The van der Waals surface area contributed by atoms with Gasteiger partial charge in [-0.05, 0) is 91.6 Å². The SMILES string of the molecule is CCOc1ccc(C(=O)NC(=S)Nc2ccc(-c3nc4cc([C@H](C)CC)ccc4o3)cc2)cc1Cl. The molecule has 1 aromatic heterocycles. The zero-order valence-corrected chi connectivity index (χ0v) is 21.3. The predicted molar refractivity (Wildman–Crippen MR) is 144 cm³/mol. The number of rotatable bonds is 7. The van der Waals surface area contributed by atoms with E-state index in [1.807, 2.05) is 37.3 Å². The number of hydrogen-bond donors (Lipinski definition) is 2. The molecule has 35 heavy (non-hydrogen) atoms. The largest absolute Gasteiger partial charge is 0.492 e. The van der Waals surface area contributed by atoms with Crippen LogP contribution in [0.25, 0.3) is 22.6 Å². The second-order valence-electron chi connectivity index (χ2n) is 8.12. The highest BCUT2D eigenvalue weighted by Crippen LogP contribution is 2.29. The summed E-state index contributed by atoms with van der Waals surface area (Å²) in [6, 6.07) is 18.5. The number of hydrogen-bond acceptors (Lipinski definition) is 5. The van der Waals surface area contributed by atoms with Gasteiger partial charge in [-0.3, -0.25) is 10.1 Å². The molecular weight excluding hydrogens is 482 g/mol. The van der Waals surface area contributed by atoms with Gasteiger partial charge in [0.2, 0.25) is 5.89 Å². The number of anilines is 1. The molecule has 1 heterocycles. The third kappa shape index (κ3) is 5.81. The standard InChI is InChI=1S/C27H26ClN3O3S/c1-4-16(3)18-8-13-24-22(15-18)30-26(34-24)17-6-10-20(11-7-17)29-27(35)31-25(32)19-9-12-23(33-5-2)21(28)14-19/h6-16H,4-5H2,1-3H3,(H2,29,31,32,35)/t16-/m1/s1. The molecule has 0 saturated heterocycles. The summed E-state index contributed by atoms with van der Waals surface area (Å²) in [5.41, 5.74) is 4.80. The second kappa shape index (κ2) is 10.9. The molecule has 180 valence electrons. The van der Waals surface area contributed by atoms with Gasteiger partial charge in [-0.25, -0.2) is 4.98 Å². The van der Waals surface area contributed by atoms with Crippen LogP contribution in [0, 0.1) is 0 Å². The molecule has 0 bridgehead atoms. The number of amides is 1. The molecule has 2 N–H and O–H groups in total. The van der Waals surface area contributed by atoms with Gasteiger partial charge in [0.15, 0.2) is 10.7 Å². The van der Waals surface area contributed by atoms with Crippen molar-refractivity contribution >= 4 is 51.6 Å². The molecule has 0 aliphatic rings. The zero-order chi connectivity index (χ0) is 24.9. The van der Waals surface area contributed by atoms with Crippen LogP contribution in [0.1, 0.15) is 49.0 Å². The number of fused-ring (bicyclic) bond motifs is 1. The number of carbonyl (C=O) groups is 1. The fourth-order valence-corrected chi connectivity index (χ4v) is 4.00. The Kier molecular flexibility index (Phi) is 7.68. The van der Waals surface area contributed by atoms with E-state index in [9.17, 15) is 4.79 Å². The average Bonchev–Trinajstić information content (AvgIpc) is 3.28. The maximum Gasteiger partial charge on any atom is 0.257 e. The van der Waals surface area contributed by atoms with Crippen LogP contribution in [0.3, 0.4) is 0 Å². The summed E-state index contributed by atoms with van der Waals surface area (Å²) in [7, 11) is 0. The van der Waals surface area contributed by atoms with Crippen LogP contribution < -0.4 is 15.4 Å². The van der Waals surface area contributed by atoms with Gasteiger partial charge in [-0.2, -0.15) is 0 Å². The van der Waals surface area contributed by atoms with Gasteiger partial charge in [0.1, 0.15) is 11.3 Å². The zero-order valence-electron chi connectivity index (χ0n) is 19.7. The first-order valence-corrected chi connectivity index (χ1v) is 12.2. The highest BCUT2D eigenvalue weighted by molar-refractivity contribution is 7.80. The summed E-state index contributed by atoms with van der Waals surface area (Å²) in [4.78, 5) is 17.2. The van der Waals surface area contributed by atoms with Crippen molar-refractivity contribution in [1.29, 1.82) is 0 Å². The summed E-state index contributed by atoms with van der Waals surface area (Å²) in [6.07, 6.45) is 1.07. The minimum Gasteiger partial charge on any atom is -0.492 e. The van der Waals surface area contributed by atoms with Gasteiger partial charge >= 0.3 is 0 Å². The second-order valence-corrected chi connectivity index (χ2v) is 8.93. The lowest BCUT2D eigenvalue weighted by atomic mass is 9.98. The van der Waals surface area contributed by atoms with Gasteiger partial charge in [0.05, 0.1) is 11.6 Å². The smallest absolute Gasteiger partial charge is 0.257 e. The number of oxazole rings is 1. The van der Waals surface area contributed by atoms with Gasteiger partial charge in [0.25, 0.3) is 5.91 Å². The van der Waals surface area contributed by atoms with E-state index in [4.69, 9.17) is 33.0 Å². The molecule has 0 spiro atoms. The molecule has 3 aromatic carbocycles. The Morgan fingerprint density at radius 3 is 2.57 bits per heavy atom. The Morgan fingerprint density at radius 1 is 1.11 bits per heavy atom. The molecular formula is C27H26ClN3O3S. The first-order chi connectivity index (χ1) is 16.9. The summed E-state index contributed by atoms with van der Waals surface area (Å²) in [5, 5.41) is 6.21. The third-order valence-corrected chi connectivity index (χ3v) is 6.20. The number of thiocarbonyl (C=S) groups is 1. The Bertz CT molecular complexity index is 1370. The topological polar surface area (TPSA) is 76.4 Å². The maximum atomic E-state index is 12.5. The quantitative estimate of drug-likeness (QED) is 0.258. The van der Waals surface area contributed by atoms with Crippen molar-refractivity contribution in [2.75, 3.05) is 11.9 Å². The van der Waals surface area contributed by atoms with E-state index in [2.05, 4.69) is 41.6 Å². The normalized spacial score (nSPS) is 11.8. The Labute approximate surface area is 214 Å². The van der Waals surface area contributed by atoms with Crippen LogP contribution in [0.2, 0.25) is 5.02 Å². The summed E-state index contributed by atoms with van der Waals surface area (Å²) >= 11 is 11.5. The third-order valence-electron chi connectivity index (χ3n) is 5.70. The number of nitrogens with zero attached hydrogens (tertiary/aromatic N) is 1. The van der Waals surface area contributed by atoms with Gasteiger partial charge in [0, 0.05) is 16.8 Å². The van der Waals surface area contributed by atoms with Crippen molar-refractivity contribution in [3.8, 4) is 17.2 Å². The van der Waals surface area contributed by atoms with Gasteiger partial charge in [-0.15, -0.1) is 0 Å². The van der Waals surface area contributed by atoms with E-state index in [1.165, 1.54) is 5.56 Å². The molecule has 4 rings (SSSR count). The molecule has 0 fully saturated rings. The van der Waals surface area contributed by atoms with E-state index in [0.29, 0.717) is 34.8 Å². The lowest BCUT2D eigenvalue weighted by molar-refractivity contribution is 0.0977. The predicted octanol–water partition coefficient (Wildman–Crippen LogP) is 7.19. The number of nitrogens with one attached hydrogen (secondary N) is 2. The Hall–Kier alpha value is -3.42. The van der Waals surface area contributed by atoms with Gasteiger partial charge in [-0.1, -0.05) is 31.5 Å². The molecule has 6 nitrogen and oxygen atoms in total. The van der Waals surface area contributed by atoms with Crippen LogP contribution in [0.5, 0.6) is 5.75 Å². The van der Waals surface area contributed by atoms with E-state index in [0.717, 1.165) is 28.8 Å². The molecule has 0 aliphatic carbocycles. The van der Waals surface area contributed by atoms with Crippen LogP contribution >= 0.6 is 23.8 Å². The first-order valence-electron chi connectivity index (χ1n) is 11.4. The summed E-state index contributed by atoms with van der Waals surface area (Å²) < 4.78 is 11.3. The van der Waals surface area contributed by atoms with Crippen molar-refractivity contribution in [2.45, 2.75) is 33.1 Å². The van der Waals surface area contributed by atoms with Crippen molar-refractivity contribution < 1.29 is 13.9 Å². The number of benzene rings is 3. The van der Waals surface area contributed by atoms with Crippen LogP contribution in [-0.2, 0) is 0 Å². The lowest BCUT2D eigenvalue weighted by Gasteiger charge is -2.11. The fraction of sp³-hybridized carbons (Fsp3) is 0.222. The molecule has 0 radical (unpaired) electrons. The Balaban J connectivity index is 1.40. The molecule has 4 aromatic rings. The van der Waals surface area contributed by atoms with E-state index < -0.39 is 0 Å². The van der Waals surface area contributed by atoms with Crippen LogP contribution in [0.15, 0.2) is 65.1 Å². The molecule has 0 unspecified atom stereocenters. The highest BCUT2D eigenvalue weighted by atomic mass is 35.5. The number of ether oxygens (including phenoxy) is 1. The number of aromatic nitrogens is 1. The minimum absolute atomic E-state index is 0.173. The van der Waals surface area contributed by atoms with Crippen molar-refractivity contribution in [1.82, 2.24) is 10.3 Å².